The first-order valence-electron chi connectivity index (χ1n) is 7.24. The molecule has 0 spiro atoms. The predicted octanol–water partition coefficient (Wildman–Crippen LogP) is 4.99. The SMILES string of the molecule is O=S(=O)(c1ccc(-c2cccc(Cl)c2)c2c1[C@H](O)C(F)(F)[C@@H]2F)C(F)(F)F. The summed E-state index contributed by atoms with van der Waals surface area (Å²) < 4.78 is 105. The molecule has 0 heterocycles. The van der Waals surface area contributed by atoms with Crippen molar-refractivity contribution in [2.24, 2.45) is 0 Å². The predicted molar refractivity (Wildman–Crippen MR) is 83.9 cm³/mol. The molecule has 3 rings (SSSR count). The summed E-state index contributed by atoms with van der Waals surface area (Å²) in [5, 5.41) is 9.90. The van der Waals surface area contributed by atoms with E-state index in [2.05, 4.69) is 0 Å². The highest BCUT2D eigenvalue weighted by Crippen LogP contribution is 2.57. The number of fused-ring (bicyclic) bond motifs is 1. The molecule has 2 atom stereocenters. The average Bonchev–Trinajstić information content (AvgIpc) is 2.74. The van der Waals surface area contributed by atoms with E-state index in [0.717, 1.165) is 6.07 Å². The molecule has 1 aliphatic carbocycles. The van der Waals surface area contributed by atoms with Crippen molar-refractivity contribution in [2.45, 2.75) is 28.6 Å². The van der Waals surface area contributed by atoms with Gasteiger partial charge in [0.1, 0.15) is 6.10 Å². The Morgan fingerprint density at radius 1 is 1.07 bits per heavy atom. The maximum atomic E-state index is 14.4. The smallest absolute Gasteiger partial charge is 0.382 e. The summed E-state index contributed by atoms with van der Waals surface area (Å²) in [6.45, 7) is 0. The largest absolute Gasteiger partial charge is 0.501 e. The molecule has 11 heteroatoms. The molecule has 0 amide bonds. The fourth-order valence-corrected chi connectivity index (χ4v) is 4.16. The summed E-state index contributed by atoms with van der Waals surface area (Å²) in [4.78, 5) is -1.61. The third-order valence-electron chi connectivity index (χ3n) is 4.21. The first-order valence-corrected chi connectivity index (χ1v) is 9.10. The highest BCUT2D eigenvalue weighted by atomic mass is 35.5. The Balaban J connectivity index is 2.39. The van der Waals surface area contributed by atoms with Crippen LogP contribution in [0.2, 0.25) is 5.02 Å². The van der Waals surface area contributed by atoms with Gasteiger partial charge in [-0.25, -0.2) is 12.8 Å². The van der Waals surface area contributed by atoms with Gasteiger partial charge in [0.05, 0.1) is 4.90 Å². The third-order valence-corrected chi connectivity index (χ3v) is 5.99. The summed E-state index contributed by atoms with van der Waals surface area (Å²) in [5.74, 6) is -4.51. The molecule has 0 radical (unpaired) electrons. The van der Waals surface area contributed by atoms with E-state index in [4.69, 9.17) is 11.6 Å². The molecule has 0 unspecified atom stereocenters. The normalized spacial score (nSPS) is 21.9. The quantitative estimate of drug-likeness (QED) is 0.683. The van der Waals surface area contributed by atoms with Gasteiger partial charge in [0.2, 0.25) is 0 Å². The van der Waals surface area contributed by atoms with Crippen molar-refractivity contribution in [1.82, 2.24) is 0 Å². The standard InChI is InChI=1S/C16H9ClF6O3S/c17-8-3-1-2-7(6-8)9-4-5-10(27(25,26)16(21,22)23)12-11(9)13(18)15(19,20)14(12)24/h1-6,13-14,24H/t13-,14+/m1/s1. The second-order valence-electron chi connectivity index (χ2n) is 5.84. The summed E-state index contributed by atoms with van der Waals surface area (Å²) >= 11 is 5.79. The van der Waals surface area contributed by atoms with Crippen molar-refractivity contribution in [2.75, 3.05) is 0 Å². The Morgan fingerprint density at radius 3 is 2.26 bits per heavy atom. The van der Waals surface area contributed by atoms with Crippen molar-refractivity contribution < 1.29 is 39.9 Å². The molecule has 0 fully saturated rings. The van der Waals surface area contributed by atoms with Crippen molar-refractivity contribution in [3.05, 3.63) is 52.5 Å². The van der Waals surface area contributed by atoms with Crippen LogP contribution >= 0.6 is 11.6 Å². The molecule has 2 aromatic rings. The van der Waals surface area contributed by atoms with Crippen molar-refractivity contribution in [3.8, 4) is 11.1 Å². The van der Waals surface area contributed by atoms with Crippen LogP contribution in [0.4, 0.5) is 26.3 Å². The molecule has 1 N–H and O–H groups in total. The zero-order chi connectivity index (χ0) is 20.4. The summed E-state index contributed by atoms with van der Waals surface area (Å²) in [6.07, 6.45) is -6.27. The van der Waals surface area contributed by atoms with Crippen LogP contribution < -0.4 is 0 Å². The van der Waals surface area contributed by atoms with E-state index in [1.807, 2.05) is 0 Å². The number of aliphatic hydroxyl groups is 1. The summed E-state index contributed by atoms with van der Waals surface area (Å²) in [5.41, 5.74) is -8.36. The maximum Gasteiger partial charge on any atom is 0.501 e. The Hall–Kier alpha value is -1.78. The van der Waals surface area contributed by atoms with Gasteiger partial charge in [-0.05, 0) is 29.3 Å². The molecule has 0 aromatic heterocycles. The second-order valence-corrected chi connectivity index (χ2v) is 8.18. The molecular weight excluding hydrogens is 422 g/mol. The van der Waals surface area contributed by atoms with Crippen LogP contribution in [0.3, 0.4) is 0 Å². The topological polar surface area (TPSA) is 54.4 Å². The number of sulfone groups is 1. The van der Waals surface area contributed by atoms with Crippen LogP contribution in [0.15, 0.2) is 41.3 Å². The molecule has 0 saturated carbocycles. The van der Waals surface area contributed by atoms with Crippen LogP contribution in [0.5, 0.6) is 0 Å². The van der Waals surface area contributed by atoms with E-state index >= 15 is 0 Å². The van der Waals surface area contributed by atoms with Crippen LogP contribution in [0.1, 0.15) is 23.4 Å². The minimum atomic E-state index is -6.10. The minimum absolute atomic E-state index is 0.0715. The molecule has 27 heavy (non-hydrogen) atoms. The first-order chi connectivity index (χ1) is 12.3. The highest BCUT2D eigenvalue weighted by Gasteiger charge is 2.60. The van der Waals surface area contributed by atoms with Crippen molar-refractivity contribution in [1.29, 1.82) is 0 Å². The average molecular weight is 431 g/mol. The monoisotopic (exact) mass is 430 g/mol. The van der Waals surface area contributed by atoms with Gasteiger partial charge >= 0.3 is 11.4 Å². The van der Waals surface area contributed by atoms with Crippen LogP contribution in [-0.4, -0.2) is 25.0 Å². The number of alkyl halides is 6. The number of hydrogen-bond donors (Lipinski definition) is 1. The molecule has 0 bridgehead atoms. The number of halogens is 7. The fraction of sp³-hybridized carbons (Fsp3) is 0.250. The van der Waals surface area contributed by atoms with Gasteiger partial charge in [0.25, 0.3) is 9.84 Å². The number of aliphatic hydroxyl groups excluding tert-OH is 1. The molecule has 146 valence electrons. The summed E-state index contributed by atoms with van der Waals surface area (Å²) in [7, 11) is -6.10. The number of hydrogen-bond acceptors (Lipinski definition) is 3. The van der Waals surface area contributed by atoms with Crippen LogP contribution in [-0.2, 0) is 9.84 Å². The maximum absolute atomic E-state index is 14.4. The Kier molecular flexibility index (Phi) is 4.52. The second kappa shape index (κ2) is 6.11. The molecule has 2 aromatic carbocycles. The number of rotatable bonds is 2. The fourth-order valence-electron chi connectivity index (χ4n) is 2.96. The Morgan fingerprint density at radius 2 is 1.70 bits per heavy atom. The van der Waals surface area contributed by atoms with Gasteiger partial charge in [-0.3, -0.25) is 0 Å². The van der Waals surface area contributed by atoms with E-state index in [1.54, 1.807) is 0 Å². The van der Waals surface area contributed by atoms with Crippen LogP contribution in [0, 0.1) is 0 Å². The zero-order valence-electron chi connectivity index (χ0n) is 12.9. The lowest BCUT2D eigenvalue weighted by molar-refractivity contribution is -0.143. The van der Waals surface area contributed by atoms with Gasteiger partial charge in [0.15, 0.2) is 6.17 Å². The highest BCUT2D eigenvalue weighted by molar-refractivity contribution is 7.92. The number of benzene rings is 2. The lowest BCUT2D eigenvalue weighted by Gasteiger charge is -2.17. The van der Waals surface area contributed by atoms with E-state index in [-0.39, 0.29) is 16.1 Å². The van der Waals surface area contributed by atoms with Crippen molar-refractivity contribution >= 4 is 21.4 Å². The molecule has 0 saturated heterocycles. The van der Waals surface area contributed by atoms with Gasteiger partial charge in [-0.15, -0.1) is 0 Å². The van der Waals surface area contributed by atoms with E-state index in [1.165, 1.54) is 24.3 Å². The van der Waals surface area contributed by atoms with E-state index in [9.17, 15) is 39.9 Å². The lowest BCUT2D eigenvalue weighted by Crippen LogP contribution is -2.27. The Labute approximate surface area is 154 Å². The van der Waals surface area contributed by atoms with E-state index < -0.39 is 49.6 Å². The molecule has 1 aliphatic rings. The molecular formula is C16H9ClF6O3S. The lowest BCUT2D eigenvalue weighted by atomic mass is 9.96. The van der Waals surface area contributed by atoms with E-state index in [0.29, 0.717) is 6.07 Å². The minimum Gasteiger partial charge on any atom is -0.382 e. The van der Waals surface area contributed by atoms with Crippen LogP contribution in [0.25, 0.3) is 11.1 Å². The molecule has 0 aliphatic heterocycles. The van der Waals surface area contributed by atoms with Gasteiger partial charge in [0, 0.05) is 16.1 Å². The first kappa shape index (κ1) is 20.0. The zero-order valence-corrected chi connectivity index (χ0v) is 14.5. The Bertz CT molecular complexity index is 1020. The van der Waals surface area contributed by atoms with Gasteiger partial charge in [-0.1, -0.05) is 29.8 Å². The molecule has 3 nitrogen and oxygen atoms in total. The van der Waals surface area contributed by atoms with Crippen molar-refractivity contribution in [3.63, 3.8) is 0 Å². The van der Waals surface area contributed by atoms with Gasteiger partial charge < -0.3 is 5.11 Å². The summed E-state index contributed by atoms with van der Waals surface area (Å²) in [6, 6.07) is 6.59. The van der Waals surface area contributed by atoms with Gasteiger partial charge in [-0.2, -0.15) is 22.0 Å². The third kappa shape index (κ3) is 2.90.